The third-order valence-corrected chi connectivity index (χ3v) is 0.639. The molecule has 56 valence electrons. The number of carbonyl (C=O) groups is 1. The minimum absolute atomic E-state index is 0.0248. The second-order valence-corrected chi connectivity index (χ2v) is 1.37. The van der Waals surface area contributed by atoms with Crippen LogP contribution in [0, 0.1) is 12.3 Å². The zero-order valence-corrected chi connectivity index (χ0v) is 5.37. The molecule has 0 radical (unpaired) electrons. The number of carboxylic acid groups (broad SMARTS) is 1. The van der Waals surface area contributed by atoms with Gasteiger partial charge in [-0.3, -0.25) is 0 Å². The summed E-state index contributed by atoms with van der Waals surface area (Å²) >= 11 is 0. The fourth-order valence-corrected chi connectivity index (χ4v) is 0.319. The lowest BCUT2D eigenvalue weighted by Crippen LogP contribution is -2.08. The molecular formula is C6H8O4. The van der Waals surface area contributed by atoms with E-state index in [1.54, 1.807) is 0 Å². The molecular weight excluding hydrogens is 136 g/mol. The third kappa shape index (κ3) is 6.79. The fourth-order valence-electron chi connectivity index (χ4n) is 0.319. The van der Waals surface area contributed by atoms with Crippen molar-refractivity contribution < 1.29 is 19.4 Å². The molecule has 0 fully saturated rings. The summed E-state index contributed by atoms with van der Waals surface area (Å²) in [5.74, 6) is 2.23. The summed E-state index contributed by atoms with van der Waals surface area (Å²) in [5, 5.41) is 7.95. The van der Waals surface area contributed by atoms with Gasteiger partial charge in [-0.2, -0.15) is 0 Å². The van der Waals surface area contributed by atoms with Crippen molar-refractivity contribution in [3.8, 4) is 12.3 Å². The first-order valence-electron chi connectivity index (χ1n) is 2.64. The topological polar surface area (TPSA) is 55.8 Å². The number of hydrogen-bond donors (Lipinski definition) is 1. The van der Waals surface area contributed by atoms with Gasteiger partial charge < -0.3 is 14.6 Å². The molecule has 0 spiro atoms. The second-order valence-electron chi connectivity index (χ2n) is 1.37. The Kier molecular flexibility index (Phi) is 5.20. The van der Waals surface area contributed by atoms with Crippen LogP contribution < -0.4 is 0 Å². The lowest BCUT2D eigenvalue weighted by atomic mass is 10.7. The SMILES string of the molecule is C#CCOCCOC(=O)O. The van der Waals surface area contributed by atoms with E-state index in [1.165, 1.54) is 0 Å². The second kappa shape index (κ2) is 5.92. The van der Waals surface area contributed by atoms with Crippen molar-refractivity contribution >= 4 is 6.16 Å². The van der Waals surface area contributed by atoms with E-state index in [1.807, 2.05) is 0 Å². The number of terminal acetylenes is 1. The summed E-state index contributed by atoms with van der Waals surface area (Å²) in [6.45, 7) is 0.413. The van der Waals surface area contributed by atoms with Gasteiger partial charge >= 0.3 is 6.16 Å². The van der Waals surface area contributed by atoms with Gasteiger partial charge in [0.15, 0.2) is 0 Å². The van der Waals surface area contributed by atoms with Gasteiger partial charge in [0, 0.05) is 0 Å². The molecule has 0 aromatic carbocycles. The Morgan fingerprint density at radius 1 is 1.60 bits per heavy atom. The van der Waals surface area contributed by atoms with Gasteiger partial charge in [-0.1, -0.05) is 5.92 Å². The molecule has 0 amide bonds. The predicted molar refractivity (Wildman–Crippen MR) is 33.6 cm³/mol. The first-order chi connectivity index (χ1) is 4.77. The van der Waals surface area contributed by atoms with Crippen molar-refractivity contribution in [2.75, 3.05) is 19.8 Å². The molecule has 0 saturated heterocycles. The van der Waals surface area contributed by atoms with E-state index in [2.05, 4.69) is 10.7 Å². The minimum atomic E-state index is -1.30. The van der Waals surface area contributed by atoms with Crippen LogP contribution in [0.2, 0.25) is 0 Å². The van der Waals surface area contributed by atoms with Crippen molar-refractivity contribution in [1.29, 1.82) is 0 Å². The van der Waals surface area contributed by atoms with E-state index in [9.17, 15) is 4.79 Å². The summed E-state index contributed by atoms with van der Waals surface area (Å²) in [7, 11) is 0. The standard InChI is InChI=1S/C6H8O4/c1-2-3-9-4-5-10-6(7)8/h1H,3-5H2,(H,7,8). The Balaban J connectivity index is 2.92. The molecule has 0 bridgehead atoms. The molecule has 10 heavy (non-hydrogen) atoms. The van der Waals surface area contributed by atoms with Gasteiger partial charge in [-0.15, -0.1) is 6.42 Å². The van der Waals surface area contributed by atoms with Gasteiger partial charge in [-0.05, 0) is 0 Å². The maximum Gasteiger partial charge on any atom is 0.505 e. The monoisotopic (exact) mass is 144 g/mol. The molecule has 1 N–H and O–H groups in total. The van der Waals surface area contributed by atoms with Crippen LogP contribution in [0.4, 0.5) is 4.79 Å². The summed E-state index contributed by atoms with van der Waals surface area (Å²) in [6.07, 6.45) is 3.54. The smallest absolute Gasteiger partial charge is 0.450 e. The Morgan fingerprint density at radius 2 is 2.30 bits per heavy atom. The maximum absolute atomic E-state index is 9.71. The average Bonchev–Trinajstić information content (AvgIpc) is 1.87. The van der Waals surface area contributed by atoms with E-state index >= 15 is 0 Å². The van der Waals surface area contributed by atoms with Crippen molar-refractivity contribution in [1.82, 2.24) is 0 Å². The average molecular weight is 144 g/mol. The number of hydrogen-bond acceptors (Lipinski definition) is 3. The normalized spacial score (nSPS) is 8.30. The van der Waals surface area contributed by atoms with Gasteiger partial charge in [-0.25, -0.2) is 4.79 Å². The molecule has 0 rings (SSSR count). The number of rotatable bonds is 4. The van der Waals surface area contributed by atoms with Gasteiger partial charge in [0.1, 0.15) is 13.2 Å². The molecule has 0 aromatic rings. The van der Waals surface area contributed by atoms with E-state index in [0.29, 0.717) is 0 Å². The molecule has 4 nitrogen and oxygen atoms in total. The highest BCUT2D eigenvalue weighted by Crippen LogP contribution is 1.77. The zero-order valence-electron chi connectivity index (χ0n) is 5.37. The largest absolute Gasteiger partial charge is 0.505 e. The van der Waals surface area contributed by atoms with Crippen LogP contribution in [-0.2, 0) is 9.47 Å². The van der Waals surface area contributed by atoms with Crippen LogP contribution in [-0.4, -0.2) is 31.1 Å². The Morgan fingerprint density at radius 3 is 2.80 bits per heavy atom. The van der Waals surface area contributed by atoms with Gasteiger partial charge in [0.2, 0.25) is 0 Å². The lowest BCUT2D eigenvalue weighted by molar-refractivity contribution is 0.0565. The van der Waals surface area contributed by atoms with Crippen molar-refractivity contribution in [3.63, 3.8) is 0 Å². The van der Waals surface area contributed by atoms with Crippen LogP contribution in [0.1, 0.15) is 0 Å². The van der Waals surface area contributed by atoms with Crippen molar-refractivity contribution in [2.45, 2.75) is 0 Å². The van der Waals surface area contributed by atoms with Gasteiger partial charge in [0.25, 0.3) is 0 Å². The Labute approximate surface area is 58.7 Å². The maximum atomic E-state index is 9.71. The molecule has 0 heterocycles. The van der Waals surface area contributed by atoms with Crippen LogP contribution in [0.3, 0.4) is 0 Å². The van der Waals surface area contributed by atoms with Crippen LogP contribution in [0.5, 0.6) is 0 Å². The molecule has 0 unspecified atom stereocenters. The molecule has 0 aromatic heterocycles. The summed E-state index contributed by atoms with van der Waals surface area (Å²) in [4.78, 5) is 9.71. The molecule has 0 aliphatic rings. The summed E-state index contributed by atoms with van der Waals surface area (Å²) < 4.78 is 8.82. The Hall–Kier alpha value is -1.21. The Bertz CT molecular complexity index is 135. The lowest BCUT2D eigenvalue weighted by Gasteiger charge is -1.98. The fraction of sp³-hybridized carbons (Fsp3) is 0.500. The summed E-state index contributed by atoms with van der Waals surface area (Å²) in [6, 6.07) is 0. The molecule has 0 aliphatic heterocycles. The molecule has 0 saturated carbocycles. The van der Waals surface area contributed by atoms with Crippen LogP contribution >= 0.6 is 0 Å². The van der Waals surface area contributed by atoms with Crippen LogP contribution in [0.15, 0.2) is 0 Å². The molecule has 0 atom stereocenters. The van der Waals surface area contributed by atoms with E-state index in [0.717, 1.165) is 0 Å². The molecule has 4 heteroatoms. The first-order valence-corrected chi connectivity index (χ1v) is 2.64. The first kappa shape index (κ1) is 8.79. The van der Waals surface area contributed by atoms with Crippen molar-refractivity contribution in [2.24, 2.45) is 0 Å². The predicted octanol–water partition coefficient (Wildman–Crippen LogP) is 0.331. The van der Waals surface area contributed by atoms with Crippen LogP contribution in [0.25, 0.3) is 0 Å². The zero-order chi connectivity index (χ0) is 7.82. The number of ether oxygens (including phenoxy) is 2. The van der Waals surface area contributed by atoms with Crippen molar-refractivity contribution in [3.05, 3.63) is 0 Å². The highest BCUT2D eigenvalue weighted by atomic mass is 16.7. The molecule has 0 aliphatic carbocycles. The van der Waals surface area contributed by atoms with E-state index in [-0.39, 0.29) is 19.8 Å². The highest BCUT2D eigenvalue weighted by Gasteiger charge is 1.93. The quantitative estimate of drug-likeness (QED) is 0.351. The van der Waals surface area contributed by atoms with E-state index in [4.69, 9.17) is 16.3 Å². The highest BCUT2D eigenvalue weighted by molar-refractivity contribution is 5.56. The minimum Gasteiger partial charge on any atom is -0.450 e. The summed E-state index contributed by atoms with van der Waals surface area (Å²) in [5.41, 5.74) is 0. The van der Waals surface area contributed by atoms with Gasteiger partial charge in [0.05, 0.1) is 6.61 Å². The van der Waals surface area contributed by atoms with E-state index < -0.39 is 6.16 Å². The third-order valence-electron chi connectivity index (χ3n) is 0.639.